The third kappa shape index (κ3) is 2.16. The van der Waals surface area contributed by atoms with Crippen LogP contribution in [0.3, 0.4) is 0 Å². The van der Waals surface area contributed by atoms with Crippen LogP contribution < -0.4 is 0 Å². The van der Waals surface area contributed by atoms with E-state index < -0.39 is 0 Å². The SMILES string of the molecule is CN1C(c2ccccc2F)CC(=O)N1CCO. The van der Waals surface area contributed by atoms with Gasteiger partial charge in [-0.15, -0.1) is 0 Å². The maximum absolute atomic E-state index is 13.6. The second-order valence-corrected chi connectivity index (χ2v) is 4.06. The molecule has 1 heterocycles. The zero-order valence-electron chi connectivity index (χ0n) is 9.64. The predicted molar refractivity (Wildman–Crippen MR) is 60.3 cm³/mol. The molecule has 1 saturated heterocycles. The van der Waals surface area contributed by atoms with Crippen LogP contribution in [-0.4, -0.2) is 41.2 Å². The lowest BCUT2D eigenvalue weighted by atomic mass is 10.0. The van der Waals surface area contributed by atoms with Crippen molar-refractivity contribution < 1.29 is 14.3 Å². The monoisotopic (exact) mass is 238 g/mol. The maximum atomic E-state index is 13.6. The minimum Gasteiger partial charge on any atom is -0.394 e. The zero-order valence-corrected chi connectivity index (χ0v) is 9.64. The first-order valence-corrected chi connectivity index (χ1v) is 5.53. The highest BCUT2D eigenvalue weighted by atomic mass is 19.1. The number of β-amino-alcohol motifs (C(OH)–C–C–N with tert-alkyl or cyclic N) is 1. The van der Waals surface area contributed by atoms with Gasteiger partial charge in [0.2, 0.25) is 5.91 Å². The molecule has 17 heavy (non-hydrogen) atoms. The molecule has 2 rings (SSSR count). The van der Waals surface area contributed by atoms with Crippen LogP contribution >= 0.6 is 0 Å². The molecule has 92 valence electrons. The molecule has 1 aliphatic rings. The number of hydrazine groups is 1. The van der Waals surface area contributed by atoms with E-state index >= 15 is 0 Å². The summed E-state index contributed by atoms with van der Waals surface area (Å²) in [4.78, 5) is 11.7. The molecule has 4 nitrogen and oxygen atoms in total. The van der Waals surface area contributed by atoms with Crippen LogP contribution in [-0.2, 0) is 4.79 Å². The number of rotatable bonds is 3. The van der Waals surface area contributed by atoms with E-state index in [1.807, 2.05) is 0 Å². The molecule has 0 aromatic heterocycles. The van der Waals surface area contributed by atoms with Gasteiger partial charge in [-0.05, 0) is 6.07 Å². The molecule has 5 heteroatoms. The highest BCUT2D eigenvalue weighted by Crippen LogP contribution is 2.32. The summed E-state index contributed by atoms with van der Waals surface area (Å²) in [6, 6.07) is 6.18. The largest absolute Gasteiger partial charge is 0.394 e. The Morgan fingerprint density at radius 1 is 1.47 bits per heavy atom. The van der Waals surface area contributed by atoms with Gasteiger partial charge in [-0.3, -0.25) is 9.80 Å². The summed E-state index contributed by atoms with van der Waals surface area (Å²) in [7, 11) is 1.73. The van der Waals surface area contributed by atoms with Gasteiger partial charge < -0.3 is 5.11 Å². The van der Waals surface area contributed by atoms with E-state index in [4.69, 9.17) is 5.11 Å². The lowest BCUT2D eigenvalue weighted by Crippen LogP contribution is -2.39. The normalized spacial score (nSPS) is 21.2. The van der Waals surface area contributed by atoms with Gasteiger partial charge in [-0.25, -0.2) is 9.40 Å². The Labute approximate surface area is 99.2 Å². The number of aliphatic hydroxyl groups is 1. The highest BCUT2D eigenvalue weighted by molar-refractivity contribution is 5.78. The van der Waals surface area contributed by atoms with Gasteiger partial charge in [-0.2, -0.15) is 0 Å². The van der Waals surface area contributed by atoms with E-state index in [-0.39, 0.29) is 37.3 Å². The first kappa shape index (κ1) is 12.0. The minimum atomic E-state index is -0.303. The average molecular weight is 238 g/mol. The average Bonchev–Trinajstić information content (AvgIpc) is 2.58. The maximum Gasteiger partial charge on any atom is 0.238 e. The van der Waals surface area contributed by atoms with E-state index in [1.54, 1.807) is 30.3 Å². The molecular formula is C12H15FN2O2. The van der Waals surface area contributed by atoms with Crippen LogP contribution in [0.4, 0.5) is 4.39 Å². The molecule has 1 atom stereocenters. The number of hydrogen-bond donors (Lipinski definition) is 1. The molecule has 0 bridgehead atoms. The van der Waals surface area contributed by atoms with E-state index in [9.17, 15) is 9.18 Å². The van der Waals surface area contributed by atoms with Crippen molar-refractivity contribution in [1.82, 2.24) is 10.0 Å². The summed E-state index contributed by atoms with van der Waals surface area (Å²) >= 11 is 0. The molecule has 1 unspecified atom stereocenters. The second kappa shape index (κ2) is 4.81. The quantitative estimate of drug-likeness (QED) is 0.852. The fourth-order valence-corrected chi connectivity index (χ4v) is 2.18. The summed E-state index contributed by atoms with van der Waals surface area (Å²) in [5, 5.41) is 12.0. The molecule has 1 N–H and O–H groups in total. The van der Waals surface area contributed by atoms with E-state index in [1.165, 1.54) is 11.1 Å². The van der Waals surface area contributed by atoms with Gasteiger partial charge in [0.1, 0.15) is 5.82 Å². The van der Waals surface area contributed by atoms with Crippen LogP contribution in [0.5, 0.6) is 0 Å². The van der Waals surface area contributed by atoms with Gasteiger partial charge in [0.25, 0.3) is 0 Å². The van der Waals surface area contributed by atoms with Crippen molar-refractivity contribution in [3.05, 3.63) is 35.6 Å². The number of carbonyl (C=O) groups excluding carboxylic acids is 1. The molecule has 1 amide bonds. The number of halogens is 1. The molecule has 0 spiro atoms. The number of nitrogens with zero attached hydrogens (tertiary/aromatic N) is 2. The van der Waals surface area contributed by atoms with Crippen LogP contribution in [0, 0.1) is 5.82 Å². The molecular weight excluding hydrogens is 223 g/mol. The number of amides is 1. The van der Waals surface area contributed by atoms with Crippen molar-refractivity contribution in [1.29, 1.82) is 0 Å². The first-order valence-electron chi connectivity index (χ1n) is 5.53. The minimum absolute atomic E-state index is 0.0881. The first-order chi connectivity index (χ1) is 8.15. The van der Waals surface area contributed by atoms with Crippen molar-refractivity contribution in [2.45, 2.75) is 12.5 Å². The number of carbonyl (C=O) groups is 1. The Kier molecular flexibility index (Phi) is 3.40. The lowest BCUT2D eigenvalue weighted by molar-refractivity contribution is -0.138. The molecule has 0 radical (unpaired) electrons. The van der Waals surface area contributed by atoms with Crippen LogP contribution in [0.1, 0.15) is 18.0 Å². The molecule has 0 aliphatic carbocycles. The third-order valence-corrected chi connectivity index (χ3v) is 3.06. The van der Waals surface area contributed by atoms with E-state index in [2.05, 4.69) is 0 Å². The topological polar surface area (TPSA) is 43.8 Å². The summed E-state index contributed by atoms with van der Waals surface area (Å²) in [5.74, 6) is -0.391. The Bertz CT molecular complexity index is 425. The van der Waals surface area contributed by atoms with Crippen molar-refractivity contribution in [3.63, 3.8) is 0 Å². The Morgan fingerprint density at radius 3 is 2.82 bits per heavy atom. The standard InChI is InChI=1S/C12H15FN2O2/c1-14-11(8-12(17)15(14)6-7-16)9-4-2-3-5-10(9)13/h2-5,11,16H,6-8H2,1H3. The number of aliphatic hydroxyl groups excluding tert-OH is 1. The van der Waals surface area contributed by atoms with Crippen molar-refractivity contribution in [2.24, 2.45) is 0 Å². The molecule has 1 aromatic carbocycles. The molecule has 1 fully saturated rings. The van der Waals surface area contributed by atoms with Crippen LogP contribution in [0.2, 0.25) is 0 Å². The van der Waals surface area contributed by atoms with Gasteiger partial charge in [0, 0.05) is 19.0 Å². The summed E-state index contributed by atoms with van der Waals surface area (Å²) in [6.07, 6.45) is 0.247. The third-order valence-electron chi connectivity index (χ3n) is 3.06. The number of benzene rings is 1. The van der Waals surface area contributed by atoms with Gasteiger partial charge in [0.05, 0.1) is 19.2 Å². The summed E-state index contributed by atoms with van der Waals surface area (Å²) < 4.78 is 13.6. The highest BCUT2D eigenvalue weighted by Gasteiger charge is 2.36. The molecule has 1 aromatic rings. The van der Waals surface area contributed by atoms with Crippen LogP contribution in [0.25, 0.3) is 0 Å². The molecule has 0 saturated carbocycles. The van der Waals surface area contributed by atoms with Crippen molar-refractivity contribution >= 4 is 5.91 Å². The zero-order chi connectivity index (χ0) is 12.4. The van der Waals surface area contributed by atoms with E-state index in [0.717, 1.165) is 0 Å². The fraction of sp³-hybridized carbons (Fsp3) is 0.417. The van der Waals surface area contributed by atoms with Gasteiger partial charge >= 0.3 is 0 Å². The lowest BCUT2D eigenvalue weighted by Gasteiger charge is -2.27. The van der Waals surface area contributed by atoms with Gasteiger partial charge in [-0.1, -0.05) is 18.2 Å². The smallest absolute Gasteiger partial charge is 0.238 e. The number of hydrogen-bond acceptors (Lipinski definition) is 3. The van der Waals surface area contributed by atoms with Crippen LogP contribution in [0.15, 0.2) is 24.3 Å². The Hall–Kier alpha value is -1.46. The second-order valence-electron chi connectivity index (χ2n) is 4.06. The Morgan fingerprint density at radius 2 is 2.18 bits per heavy atom. The van der Waals surface area contributed by atoms with Crippen molar-refractivity contribution in [3.8, 4) is 0 Å². The van der Waals surface area contributed by atoms with Crippen molar-refractivity contribution in [2.75, 3.05) is 20.2 Å². The summed E-state index contributed by atoms with van der Waals surface area (Å²) in [6.45, 7) is 0.153. The Balaban J connectivity index is 2.25. The summed E-state index contributed by atoms with van der Waals surface area (Å²) in [5.41, 5.74) is 0.517. The van der Waals surface area contributed by atoms with E-state index in [0.29, 0.717) is 5.56 Å². The molecule has 1 aliphatic heterocycles. The predicted octanol–water partition coefficient (Wildman–Crippen LogP) is 0.938. The van der Waals surface area contributed by atoms with Gasteiger partial charge in [0.15, 0.2) is 0 Å². The fourth-order valence-electron chi connectivity index (χ4n) is 2.18.